The molecule has 0 spiro atoms. The monoisotopic (exact) mass is 358 g/mol. The van der Waals surface area contributed by atoms with Crippen molar-refractivity contribution in [2.75, 3.05) is 6.54 Å². The normalized spacial score (nSPS) is 11.4. The molecule has 1 amide bonds. The van der Waals surface area contributed by atoms with Crippen molar-refractivity contribution in [3.05, 3.63) is 71.8 Å². The molecule has 1 aromatic heterocycles. The molecular formula is C20H17F3N2O. The second-order valence-corrected chi connectivity index (χ2v) is 5.77. The SMILES string of the molecule is CCNC(=O)c1cc(-c2ccc(C(F)(F)F)cc2)[nH]c1-c1ccccc1. The predicted octanol–water partition coefficient (Wildman–Crippen LogP) is 5.12. The predicted molar refractivity (Wildman–Crippen MR) is 94.7 cm³/mol. The Morgan fingerprint density at radius 3 is 2.23 bits per heavy atom. The van der Waals surface area contributed by atoms with E-state index in [-0.39, 0.29) is 5.91 Å². The van der Waals surface area contributed by atoms with E-state index in [1.54, 1.807) is 6.07 Å². The lowest BCUT2D eigenvalue weighted by Gasteiger charge is -2.07. The van der Waals surface area contributed by atoms with Gasteiger partial charge in [-0.1, -0.05) is 42.5 Å². The minimum Gasteiger partial charge on any atom is -0.354 e. The topological polar surface area (TPSA) is 44.9 Å². The van der Waals surface area contributed by atoms with Crippen molar-refractivity contribution < 1.29 is 18.0 Å². The van der Waals surface area contributed by atoms with Gasteiger partial charge in [0.05, 0.1) is 16.8 Å². The molecule has 2 aromatic carbocycles. The first-order valence-electron chi connectivity index (χ1n) is 8.14. The second-order valence-electron chi connectivity index (χ2n) is 5.77. The van der Waals surface area contributed by atoms with E-state index in [4.69, 9.17) is 0 Å². The third-order valence-electron chi connectivity index (χ3n) is 3.99. The van der Waals surface area contributed by atoms with E-state index >= 15 is 0 Å². The van der Waals surface area contributed by atoms with Crippen LogP contribution in [0, 0.1) is 0 Å². The number of alkyl halides is 3. The summed E-state index contributed by atoms with van der Waals surface area (Å²) in [6.07, 6.45) is -4.38. The van der Waals surface area contributed by atoms with Gasteiger partial charge in [-0.15, -0.1) is 0 Å². The smallest absolute Gasteiger partial charge is 0.354 e. The molecule has 1 heterocycles. The molecule has 0 saturated carbocycles. The fourth-order valence-electron chi connectivity index (χ4n) is 2.72. The zero-order chi connectivity index (χ0) is 18.7. The quantitative estimate of drug-likeness (QED) is 0.668. The first-order valence-corrected chi connectivity index (χ1v) is 8.14. The van der Waals surface area contributed by atoms with Gasteiger partial charge in [0, 0.05) is 12.2 Å². The van der Waals surface area contributed by atoms with Gasteiger partial charge in [0.1, 0.15) is 0 Å². The molecular weight excluding hydrogens is 341 g/mol. The number of nitrogens with one attached hydrogen (secondary N) is 2. The molecule has 0 fully saturated rings. The van der Waals surface area contributed by atoms with Gasteiger partial charge in [0.2, 0.25) is 0 Å². The summed E-state index contributed by atoms with van der Waals surface area (Å²) in [5.41, 5.74) is 2.36. The summed E-state index contributed by atoms with van der Waals surface area (Å²) in [5, 5.41) is 2.76. The Bertz CT molecular complexity index is 897. The van der Waals surface area contributed by atoms with E-state index in [1.165, 1.54) is 12.1 Å². The fraction of sp³-hybridized carbons (Fsp3) is 0.150. The number of amides is 1. The highest BCUT2D eigenvalue weighted by molar-refractivity contribution is 6.01. The number of rotatable bonds is 4. The van der Waals surface area contributed by atoms with E-state index < -0.39 is 11.7 Å². The third kappa shape index (κ3) is 3.64. The van der Waals surface area contributed by atoms with Crippen LogP contribution in [0.5, 0.6) is 0 Å². The van der Waals surface area contributed by atoms with E-state index in [2.05, 4.69) is 10.3 Å². The van der Waals surface area contributed by atoms with Gasteiger partial charge in [-0.05, 0) is 36.2 Å². The lowest BCUT2D eigenvalue weighted by Crippen LogP contribution is -2.22. The van der Waals surface area contributed by atoms with Gasteiger partial charge in [-0.25, -0.2) is 0 Å². The van der Waals surface area contributed by atoms with Crippen molar-refractivity contribution in [3.63, 3.8) is 0 Å². The van der Waals surface area contributed by atoms with Crippen molar-refractivity contribution in [2.24, 2.45) is 0 Å². The summed E-state index contributed by atoms with van der Waals surface area (Å²) in [7, 11) is 0. The Morgan fingerprint density at radius 2 is 1.65 bits per heavy atom. The largest absolute Gasteiger partial charge is 0.416 e. The molecule has 0 atom stereocenters. The standard InChI is InChI=1S/C20H17F3N2O/c1-2-24-19(26)16-12-17(25-18(16)14-6-4-3-5-7-14)13-8-10-15(11-9-13)20(21,22)23/h3-12,25H,2H2,1H3,(H,24,26). The molecule has 2 N–H and O–H groups in total. The van der Waals surface area contributed by atoms with E-state index in [9.17, 15) is 18.0 Å². The Morgan fingerprint density at radius 1 is 1.00 bits per heavy atom. The summed E-state index contributed by atoms with van der Waals surface area (Å²) in [6, 6.07) is 15.8. The molecule has 0 unspecified atom stereocenters. The number of H-pyrrole nitrogens is 1. The van der Waals surface area contributed by atoms with Crippen molar-refractivity contribution >= 4 is 5.91 Å². The number of benzene rings is 2. The molecule has 6 heteroatoms. The molecule has 0 aliphatic rings. The maximum atomic E-state index is 12.7. The second kappa shape index (κ2) is 7.07. The minimum absolute atomic E-state index is 0.235. The van der Waals surface area contributed by atoms with Crippen LogP contribution >= 0.6 is 0 Å². The highest BCUT2D eigenvalue weighted by Crippen LogP contribution is 2.33. The van der Waals surface area contributed by atoms with Crippen LogP contribution in [0.4, 0.5) is 13.2 Å². The summed E-state index contributed by atoms with van der Waals surface area (Å²) >= 11 is 0. The average Bonchev–Trinajstić information content (AvgIpc) is 3.07. The van der Waals surface area contributed by atoms with Gasteiger partial charge >= 0.3 is 6.18 Å². The van der Waals surface area contributed by atoms with E-state index in [1.807, 2.05) is 37.3 Å². The molecule has 3 rings (SSSR count). The van der Waals surface area contributed by atoms with E-state index in [0.29, 0.717) is 29.1 Å². The van der Waals surface area contributed by atoms with E-state index in [0.717, 1.165) is 17.7 Å². The van der Waals surface area contributed by atoms with Gasteiger partial charge in [0.15, 0.2) is 0 Å². The number of carbonyl (C=O) groups is 1. The van der Waals surface area contributed by atoms with Crippen LogP contribution in [0.3, 0.4) is 0 Å². The fourth-order valence-corrected chi connectivity index (χ4v) is 2.72. The maximum absolute atomic E-state index is 12.7. The summed E-state index contributed by atoms with van der Waals surface area (Å²) in [5.74, 6) is -0.235. The molecule has 0 radical (unpaired) electrons. The van der Waals surface area contributed by atoms with Gasteiger partial charge in [-0.2, -0.15) is 13.2 Å². The zero-order valence-corrected chi connectivity index (χ0v) is 14.0. The number of hydrogen-bond donors (Lipinski definition) is 2. The molecule has 0 saturated heterocycles. The number of aromatic amines is 1. The Balaban J connectivity index is 2.05. The van der Waals surface area contributed by atoms with Gasteiger partial charge in [0.25, 0.3) is 5.91 Å². The first-order chi connectivity index (χ1) is 12.4. The van der Waals surface area contributed by atoms with Gasteiger partial charge in [-0.3, -0.25) is 4.79 Å². The summed E-state index contributed by atoms with van der Waals surface area (Å²) in [6.45, 7) is 2.30. The molecule has 26 heavy (non-hydrogen) atoms. The zero-order valence-electron chi connectivity index (χ0n) is 14.0. The Labute approximate surface area is 148 Å². The van der Waals surface area contributed by atoms with Crippen LogP contribution in [-0.2, 0) is 6.18 Å². The Hall–Kier alpha value is -3.02. The van der Waals surface area contributed by atoms with Crippen LogP contribution < -0.4 is 5.32 Å². The first kappa shape index (κ1) is 17.8. The molecule has 0 bridgehead atoms. The van der Waals surface area contributed by atoms with Crippen LogP contribution in [0.2, 0.25) is 0 Å². The van der Waals surface area contributed by atoms with Crippen molar-refractivity contribution in [3.8, 4) is 22.5 Å². The summed E-state index contributed by atoms with van der Waals surface area (Å²) in [4.78, 5) is 15.6. The maximum Gasteiger partial charge on any atom is 0.416 e. The van der Waals surface area contributed by atoms with Crippen LogP contribution in [-0.4, -0.2) is 17.4 Å². The molecule has 0 aliphatic carbocycles. The number of aromatic nitrogens is 1. The number of halogens is 3. The molecule has 3 aromatic rings. The lowest BCUT2D eigenvalue weighted by atomic mass is 10.1. The van der Waals surface area contributed by atoms with Crippen LogP contribution in [0.25, 0.3) is 22.5 Å². The van der Waals surface area contributed by atoms with Crippen molar-refractivity contribution in [1.29, 1.82) is 0 Å². The van der Waals surface area contributed by atoms with Crippen LogP contribution in [0.15, 0.2) is 60.7 Å². The lowest BCUT2D eigenvalue weighted by molar-refractivity contribution is -0.137. The number of carbonyl (C=O) groups excluding carboxylic acids is 1. The summed E-state index contributed by atoms with van der Waals surface area (Å²) < 4.78 is 38.2. The molecule has 0 aliphatic heterocycles. The third-order valence-corrected chi connectivity index (χ3v) is 3.99. The van der Waals surface area contributed by atoms with Crippen molar-refractivity contribution in [1.82, 2.24) is 10.3 Å². The highest BCUT2D eigenvalue weighted by Gasteiger charge is 2.30. The number of hydrogen-bond acceptors (Lipinski definition) is 1. The minimum atomic E-state index is -4.38. The molecule has 134 valence electrons. The average molecular weight is 358 g/mol. The van der Waals surface area contributed by atoms with Gasteiger partial charge < -0.3 is 10.3 Å². The van der Waals surface area contributed by atoms with Crippen molar-refractivity contribution in [2.45, 2.75) is 13.1 Å². The molecule has 3 nitrogen and oxygen atoms in total. The highest BCUT2D eigenvalue weighted by atomic mass is 19.4. The Kier molecular flexibility index (Phi) is 4.84. The van der Waals surface area contributed by atoms with Crippen LogP contribution in [0.1, 0.15) is 22.8 Å².